The maximum absolute atomic E-state index is 10.6. The first-order valence-corrected chi connectivity index (χ1v) is 3.44. The zero-order chi connectivity index (χ0) is 7.78. The monoisotopic (exact) mass is 144 g/mol. The lowest BCUT2D eigenvalue weighted by molar-refractivity contribution is -0.154. The Balaban J connectivity index is 2.63. The van der Waals surface area contributed by atoms with Crippen LogP contribution in [0.15, 0.2) is 0 Å². The molecule has 2 atom stereocenters. The van der Waals surface area contributed by atoms with Gasteiger partial charge in [0.05, 0.1) is 6.10 Å². The fourth-order valence-corrected chi connectivity index (χ4v) is 1.01. The second kappa shape index (κ2) is 2.23. The third-order valence-electron chi connectivity index (χ3n) is 2.06. The molecule has 0 radical (unpaired) electrons. The van der Waals surface area contributed by atoms with Crippen LogP contribution in [0.3, 0.4) is 0 Å². The fourth-order valence-electron chi connectivity index (χ4n) is 1.01. The standard InChI is InChI=1S/C7H12O3/c1-5(8)7(2)4-3-6(9)10-7/h5,8H,3-4H2,1-2H3/t5-,7-/m1/s1. The van der Waals surface area contributed by atoms with Crippen LogP contribution in [0.25, 0.3) is 0 Å². The molecule has 1 N–H and O–H groups in total. The Labute approximate surface area is 60.0 Å². The third-order valence-corrected chi connectivity index (χ3v) is 2.06. The molecule has 1 fully saturated rings. The Bertz CT molecular complexity index is 153. The van der Waals surface area contributed by atoms with Crippen LogP contribution in [0.4, 0.5) is 0 Å². The van der Waals surface area contributed by atoms with Crippen LogP contribution in [-0.4, -0.2) is 22.8 Å². The van der Waals surface area contributed by atoms with Crippen molar-refractivity contribution in [2.75, 3.05) is 0 Å². The van der Waals surface area contributed by atoms with Crippen molar-refractivity contribution in [2.45, 2.75) is 38.4 Å². The number of carbonyl (C=O) groups excluding carboxylic acids is 1. The lowest BCUT2D eigenvalue weighted by Crippen LogP contribution is -2.36. The Morgan fingerprint density at radius 2 is 2.40 bits per heavy atom. The van der Waals surface area contributed by atoms with E-state index in [4.69, 9.17) is 9.84 Å². The molecule has 0 aromatic carbocycles. The second-order valence-corrected chi connectivity index (χ2v) is 2.96. The van der Waals surface area contributed by atoms with Gasteiger partial charge in [-0.1, -0.05) is 0 Å². The van der Waals surface area contributed by atoms with Crippen molar-refractivity contribution in [3.05, 3.63) is 0 Å². The lowest BCUT2D eigenvalue weighted by atomic mass is 9.97. The first-order chi connectivity index (χ1) is 4.54. The minimum atomic E-state index is -0.628. The van der Waals surface area contributed by atoms with Gasteiger partial charge in [-0.25, -0.2) is 0 Å². The summed E-state index contributed by atoms with van der Waals surface area (Å²) in [5.41, 5.74) is -0.628. The van der Waals surface area contributed by atoms with E-state index in [1.54, 1.807) is 13.8 Å². The van der Waals surface area contributed by atoms with Crippen molar-refractivity contribution in [2.24, 2.45) is 0 Å². The molecule has 1 rings (SSSR count). The molecule has 0 unspecified atom stereocenters. The number of hydrogen-bond acceptors (Lipinski definition) is 3. The van der Waals surface area contributed by atoms with Crippen molar-refractivity contribution in [3.63, 3.8) is 0 Å². The number of aliphatic hydroxyl groups excluding tert-OH is 1. The number of aliphatic hydroxyl groups is 1. The first kappa shape index (κ1) is 7.54. The van der Waals surface area contributed by atoms with Gasteiger partial charge in [-0.15, -0.1) is 0 Å². The van der Waals surface area contributed by atoms with Crippen LogP contribution >= 0.6 is 0 Å². The normalized spacial score (nSPS) is 35.7. The predicted octanol–water partition coefficient (Wildman–Crippen LogP) is 0.463. The van der Waals surface area contributed by atoms with E-state index in [0.717, 1.165) is 0 Å². The van der Waals surface area contributed by atoms with Crippen LogP contribution in [0.2, 0.25) is 0 Å². The molecule has 1 heterocycles. The van der Waals surface area contributed by atoms with Crippen LogP contribution in [-0.2, 0) is 9.53 Å². The molecule has 0 aromatic heterocycles. The van der Waals surface area contributed by atoms with Gasteiger partial charge in [0.25, 0.3) is 0 Å². The molecule has 0 spiro atoms. The van der Waals surface area contributed by atoms with Gasteiger partial charge in [0.1, 0.15) is 5.60 Å². The van der Waals surface area contributed by atoms with E-state index < -0.39 is 11.7 Å². The number of carbonyl (C=O) groups is 1. The summed E-state index contributed by atoms with van der Waals surface area (Å²) < 4.78 is 4.92. The molecule has 0 saturated carbocycles. The largest absolute Gasteiger partial charge is 0.457 e. The van der Waals surface area contributed by atoms with Crippen LogP contribution in [0, 0.1) is 0 Å². The van der Waals surface area contributed by atoms with Gasteiger partial charge in [-0.05, 0) is 20.3 Å². The number of hydrogen-bond donors (Lipinski definition) is 1. The molecule has 3 nitrogen and oxygen atoms in total. The first-order valence-electron chi connectivity index (χ1n) is 3.44. The minimum Gasteiger partial charge on any atom is -0.457 e. The topological polar surface area (TPSA) is 46.5 Å². The predicted molar refractivity (Wildman–Crippen MR) is 35.4 cm³/mol. The summed E-state index contributed by atoms with van der Waals surface area (Å²) in [4.78, 5) is 10.6. The molecule has 0 bridgehead atoms. The summed E-state index contributed by atoms with van der Waals surface area (Å²) in [6.07, 6.45) is 0.490. The van der Waals surface area contributed by atoms with E-state index in [2.05, 4.69) is 0 Å². The summed E-state index contributed by atoms with van der Waals surface area (Å²) in [7, 11) is 0. The molecular formula is C7H12O3. The molecule has 0 aromatic rings. The SMILES string of the molecule is C[C@@H](O)[C@@]1(C)CCC(=O)O1. The van der Waals surface area contributed by atoms with Crippen molar-refractivity contribution < 1.29 is 14.6 Å². The number of ether oxygens (including phenoxy) is 1. The van der Waals surface area contributed by atoms with Crippen molar-refractivity contribution in [1.29, 1.82) is 0 Å². The molecule has 3 heteroatoms. The smallest absolute Gasteiger partial charge is 0.306 e. The van der Waals surface area contributed by atoms with Crippen LogP contribution in [0.1, 0.15) is 26.7 Å². The van der Waals surface area contributed by atoms with E-state index in [0.29, 0.717) is 12.8 Å². The summed E-state index contributed by atoms with van der Waals surface area (Å²) in [6.45, 7) is 3.39. The molecular weight excluding hydrogens is 132 g/mol. The lowest BCUT2D eigenvalue weighted by Gasteiger charge is -2.25. The minimum absolute atomic E-state index is 0.205. The highest BCUT2D eigenvalue weighted by Crippen LogP contribution is 2.28. The number of cyclic esters (lactones) is 1. The van der Waals surface area contributed by atoms with Gasteiger partial charge in [-0.2, -0.15) is 0 Å². The van der Waals surface area contributed by atoms with Crippen LogP contribution in [0.5, 0.6) is 0 Å². The number of rotatable bonds is 1. The van der Waals surface area contributed by atoms with Crippen molar-refractivity contribution in [1.82, 2.24) is 0 Å². The Morgan fingerprint density at radius 3 is 2.60 bits per heavy atom. The summed E-state index contributed by atoms with van der Waals surface area (Å²) in [5, 5.41) is 9.15. The van der Waals surface area contributed by atoms with E-state index in [9.17, 15) is 4.79 Å². The number of esters is 1. The Hall–Kier alpha value is -0.570. The highest BCUT2D eigenvalue weighted by Gasteiger charge is 2.39. The second-order valence-electron chi connectivity index (χ2n) is 2.96. The van der Waals surface area contributed by atoms with Crippen molar-refractivity contribution in [3.8, 4) is 0 Å². The molecule has 1 aliphatic rings. The van der Waals surface area contributed by atoms with Gasteiger partial charge in [0, 0.05) is 6.42 Å². The molecule has 0 aliphatic carbocycles. The fraction of sp³-hybridized carbons (Fsp3) is 0.857. The molecule has 1 saturated heterocycles. The molecule has 10 heavy (non-hydrogen) atoms. The van der Waals surface area contributed by atoms with Gasteiger partial charge >= 0.3 is 5.97 Å². The highest BCUT2D eigenvalue weighted by atomic mass is 16.6. The third kappa shape index (κ3) is 1.14. The average Bonchev–Trinajstić information content (AvgIpc) is 2.13. The molecule has 1 aliphatic heterocycles. The molecule has 0 amide bonds. The highest BCUT2D eigenvalue weighted by molar-refractivity contribution is 5.72. The maximum atomic E-state index is 10.6. The summed E-state index contributed by atoms with van der Waals surface area (Å²) in [5.74, 6) is -0.205. The van der Waals surface area contributed by atoms with Gasteiger partial charge < -0.3 is 9.84 Å². The van der Waals surface area contributed by atoms with E-state index in [-0.39, 0.29) is 5.97 Å². The van der Waals surface area contributed by atoms with Gasteiger partial charge in [0.2, 0.25) is 0 Å². The summed E-state index contributed by atoms with van der Waals surface area (Å²) >= 11 is 0. The van der Waals surface area contributed by atoms with Crippen LogP contribution < -0.4 is 0 Å². The van der Waals surface area contributed by atoms with E-state index >= 15 is 0 Å². The van der Waals surface area contributed by atoms with Gasteiger partial charge in [0.15, 0.2) is 0 Å². The maximum Gasteiger partial charge on any atom is 0.306 e. The molecule has 58 valence electrons. The van der Waals surface area contributed by atoms with E-state index in [1.165, 1.54) is 0 Å². The Kier molecular flexibility index (Phi) is 1.68. The quantitative estimate of drug-likeness (QED) is 0.544. The van der Waals surface area contributed by atoms with Crippen molar-refractivity contribution >= 4 is 5.97 Å². The van der Waals surface area contributed by atoms with Gasteiger partial charge in [-0.3, -0.25) is 4.79 Å². The zero-order valence-electron chi connectivity index (χ0n) is 6.26. The zero-order valence-corrected chi connectivity index (χ0v) is 6.26. The summed E-state index contributed by atoms with van der Waals surface area (Å²) in [6, 6.07) is 0. The van der Waals surface area contributed by atoms with E-state index in [1.807, 2.05) is 0 Å². The Morgan fingerprint density at radius 1 is 1.80 bits per heavy atom. The average molecular weight is 144 g/mol.